The molecule has 0 aliphatic heterocycles. The summed E-state index contributed by atoms with van der Waals surface area (Å²) in [4.78, 5) is 2.89. The molecule has 0 amide bonds. The SMILES string of the molecule is CC.CCCCC(C)C.CCCCC(C)C.C[N-]CCCC(C)C.C[n+]1cc[nH]c1.C[n+]1ccccc1.[Y].[Y].[Y].[Y]. The third kappa shape index (κ3) is 75.1. The maximum absolute atomic E-state index is 4.01. The van der Waals surface area contributed by atoms with Crippen LogP contribution in [-0.2, 0) is 145 Å². The standard InChI is InChI=1S/C7H16N.2C7H16.C6H8N.C4H6N2.C2H6.4Y/c1-7(2)5-4-6-8-3;2*1-4-5-6-7(2)3;1-7-5-3-2-4-6-7;1-6-3-2-5-4-6;1-2;;;;/h7H,4-6H2,1-3H3;2*7H,4-6H2,1-3H3;2-6H,1H3;2-4H,1H3;1-2H3;;;;/q-1;;;+1;;;;;;/p+1. The molecule has 2 rings (SSSR count). The molecule has 2 aromatic rings. The fourth-order valence-electron chi connectivity index (χ4n) is 2.73. The van der Waals surface area contributed by atoms with Gasteiger partial charge in [0.05, 0.1) is 7.05 Å². The zero-order valence-electron chi connectivity index (χ0n) is 29.9. The molecule has 1 N–H and O–H groups in total. The van der Waals surface area contributed by atoms with Gasteiger partial charge in [0.2, 0.25) is 6.33 Å². The van der Waals surface area contributed by atoms with E-state index in [0.717, 1.165) is 24.3 Å². The van der Waals surface area contributed by atoms with E-state index in [2.05, 4.69) is 65.7 Å². The third-order valence-corrected chi connectivity index (χ3v) is 4.98. The van der Waals surface area contributed by atoms with Gasteiger partial charge in [0.15, 0.2) is 12.4 Å². The molecular weight excluding hydrogens is 808 g/mol. The first-order valence-electron chi connectivity index (χ1n) is 15.0. The van der Waals surface area contributed by atoms with Crippen molar-refractivity contribution in [2.24, 2.45) is 31.8 Å². The average Bonchev–Trinajstić information content (AvgIpc) is 3.35. The summed E-state index contributed by atoms with van der Waals surface area (Å²) in [7, 11) is 5.84. The molecule has 0 aliphatic carbocycles. The van der Waals surface area contributed by atoms with E-state index in [1.807, 2.05) is 93.4 Å². The van der Waals surface area contributed by atoms with E-state index in [4.69, 9.17) is 0 Å². The Morgan fingerprint density at radius 2 is 1.00 bits per heavy atom. The molecule has 4 radical (unpaired) electrons. The van der Waals surface area contributed by atoms with Gasteiger partial charge in [-0.05, 0) is 17.8 Å². The van der Waals surface area contributed by atoms with Gasteiger partial charge < -0.3 is 5.32 Å². The number of pyridine rings is 1. The number of nitrogens with one attached hydrogen (secondary N) is 1. The van der Waals surface area contributed by atoms with Crippen LogP contribution >= 0.6 is 0 Å². The normalized spacial score (nSPS) is 8.49. The minimum atomic E-state index is 0. The van der Waals surface area contributed by atoms with E-state index in [0.29, 0.717) is 0 Å². The van der Waals surface area contributed by atoms with Gasteiger partial charge in [-0.1, -0.05) is 127 Å². The molecule has 0 saturated carbocycles. The summed E-state index contributed by atoms with van der Waals surface area (Å²) < 4.78 is 3.94. The number of hydrogen-bond donors (Lipinski definition) is 1. The van der Waals surface area contributed by atoms with Crippen LogP contribution in [0.4, 0.5) is 0 Å². The van der Waals surface area contributed by atoms with Crippen LogP contribution in [-0.4, -0.2) is 18.6 Å². The Morgan fingerprint density at radius 3 is 1.17 bits per heavy atom. The van der Waals surface area contributed by atoms with Gasteiger partial charge in [0.25, 0.3) is 0 Å². The van der Waals surface area contributed by atoms with Crippen molar-refractivity contribution in [1.29, 1.82) is 0 Å². The minimum Gasteiger partial charge on any atom is -0.665 e. The van der Waals surface area contributed by atoms with Crippen molar-refractivity contribution in [3.05, 3.63) is 54.6 Å². The predicted molar refractivity (Wildman–Crippen MR) is 168 cm³/mol. The second-order valence-electron chi connectivity index (χ2n) is 10.5. The van der Waals surface area contributed by atoms with Gasteiger partial charge in [-0.15, -0.1) is 6.54 Å². The molecule has 0 saturated heterocycles. The molecule has 0 aromatic carbocycles. The first-order chi connectivity index (χ1) is 17.6. The van der Waals surface area contributed by atoms with Crippen molar-refractivity contribution >= 4 is 0 Å². The Bertz CT molecular complexity index is 585. The van der Waals surface area contributed by atoms with Crippen LogP contribution in [0.5, 0.6) is 0 Å². The zero-order chi connectivity index (χ0) is 29.3. The van der Waals surface area contributed by atoms with Crippen LogP contribution in [0.25, 0.3) is 5.32 Å². The van der Waals surface area contributed by atoms with Crippen LogP contribution in [0.3, 0.4) is 0 Å². The molecule has 2 heterocycles. The molecule has 4 nitrogen and oxygen atoms in total. The number of aryl methyl sites for hydroxylation is 2. The van der Waals surface area contributed by atoms with Crippen molar-refractivity contribution in [2.45, 2.75) is 121 Å². The molecule has 0 unspecified atom stereocenters. The van der Waals surface area contributed by atoms with Gasteiger partial charge >= 0.3 is 0 Å². The van der Waals surface area contributed by atoms with Crippen molar-refractivity contribution in [2.75, 3.05) is 13.6 Å². The molecule has 232 valence electrons. The Balaban J connectivity index is -0.0000000532. The molecule has 41 heavy (non-hydrogen) atoms. The Labute approximate surface area is 360 Å². The first kappa shape index (κ1) is 62.5. The minimum absolute atomic E-state index is 0. The van der Waals surface area contributed by atoms with Crippen molar-refractivity contribution in [3.8, 4) is 0 Å². The van der Waals surface area contributed by atoms with Crippen molar-refractivity contribution in [1.82, 2.24) is 4.98 Å². The fraction of sp³-hybridized carbons (Fsp3) is 0.758. The number of aromatic amines is 1. The van der Waals surface area contributed by atoms with Crippen LogP contribution < -0.4 is 9.13 Å². The number of unbranched alkanes of at least 4 members (excludes halogenated alkanes) is 2. The predicted octanol–water partition coefficient (Wildman–Crippen LogP) is 9.46. The van der Waals surface area contributed by atoms with Gasteiger partial charge in [-0.2, -0.15) is 7.05 Å². The van der Waals surface area contributed by atoms with Gasteiger partial charge in [0.1, 0.15) is 19.4 Å². The van der Waals surface area contributed by atoms with Crippen LogP contribution in [0.1, 0.15) is 121 Å². The Morgan fingerprint density at radius 1 is 0.610 bits per heavy atom. The molecule has 0 aliphatic rings. The summed E-state index contributed by atoms with van der Waals surface area (Å²) in [5, 5.41) is 4.01. The number of hydrogen-bond acceptors (Lipinski definition) is 0. The topological polar surface area (TPSA) is 37.6 Å². The summed E-state index contributed by atoms with van der Waals surface area (Å²) in [6, 6.07) is 6.00. The first-order valence-corrected chi connectivity index (χ1v) is 15.0. The summed E-state index contributed by atoms with van der Waals surface area (Å²) in [6.07, 6.45) is 20.6. The van der Waals surface area contributed by atoms with Gasteiger partial charge in [-0.25, -0.2) is 9.13 Å². The maximum Gasteiger partial charge on any atom is 0.241 e. The largest absolute Gasteiger partial charge is 0.665 e. The summed E-state index contributed by atoms with van der Waals surface area (Å²) in [5.74, 6) is 2.65. The van der Waals surface area contributed by atoms with Crippen LogP contribution in [0, 0.1) is 17.8 Å². The van der Waals surface area contributed by atoms with E-state index in [1.165, 1.54) is 51.4 Å². The van der Waals surface area contributed by atoms with Crippen molar-refractivity contribution in [3.63, 3.8) is 0 Å². The van der Waals surface area contributed by atoms with Crippen LogP contribution in [0.2, 0.25) is 0 Å². The summed E-state index contributed by atoms with van der Waals surface area (Å²) >= 11 is 0. The fourth-order valence-corrected chi connectivity index (χ4v) is 2.73. The molecular formula is C33H69N4Y4+. The van der Waals surface area contributed by atoms with E-state index < -0.39 is 0 Å². The number of aromatic nitrogens is 3. The Kier molecular flexibility index (Phi) is 84.2. The van der Waals surface area contributed by atoms with Gasteiger partial charge in [-0.3, -0.25) is 4.98 Å². The second kappa shape index (κ2) is 55.2. The average molecular weight is 878 g/mol. The smallest absolute Gasteiger partial charge is 0.241 e. The molecule has 0 atom stereocenters. The number of H-pyrrole nitrogens is 1. The van der Waals surface area contributed by atoms with Crippen molar-refractivity contribution < 1.29 is 140 Å². The summed E-state index contributed by atoms with van der Waals surface area (Å²) in [6.45, 7) is 23.1. The van der Waals surface area contributed by atoms with Crippen LogP contribution in [0.15, 0.2) is 49.3 Å². The number of nitrogens with zero attached hydrogens (tertiary/aromatic N) is 3. The van der Waals surface area contributed by atoms with E-state index >= 15 is 0 Å². The number of imidazole rings is 1. The quantitative estimate of drug-likeness (QED) is 0.183. The third-order valence-electron chi connectivity index (χ3n) is 4.98. The molecule has 8 heteroatoms. The number of rotatable bonds is 10. The van der Waals surface area contributed by atoms with E-state index in [9.17, 15) is 0 Å². The van der Waals surface area contributed by atoms with E-state index in [1.54, 1.807) is 0 Å². The monoisotopic (exact) mass is 877 g/mol. The molecule has 0 fully saturated rings. The second-order valence-corrected chi connectivity index (χ2v) is 10.5. The Hall–Kier alpha value is 2.74. The van der Waals surface area contributed by atoms with E-state index in [-0.39, 0.29) is 131 Å². The molecule has 2 aromatic heterocycles. The zero-order valence-corrected chi connectivity index (χ0v) is 41.2. The molecule has 0 spiro atoms. The maximum atomic E-state index is 4.01. The van der Waals surface area contributed by atoms with Gasteiger partial charge in [0, 0.05) is 143 Å². The summed E-state index contributed by atoms with van der Waals surface area (Å²) in [5.41, 5.74) is 0. The molecule has 0 bridgehead atoms.